The van der Waals surface area contributed by atoms with Crippen LogP contribution in [-0.4, -0.2) is 24.6 Å². The fourth-order valence-corrected chi connectivity index (χ4v) is 1.88. The van der Waals surface area contributed by atoms with Crippen LogP contribution in [0.2, 0.25) is 0 Å². The largest absolute Gasteiger partial charge is 0.466 e. The molecule has 0 radical (unpaired) electrons. The molecule has 0 rings (SSSR count). The molecule has 0 saturated carbocycles. The van der Waals surface area contributed by atoms with Crippen LogP contribution in [0.1, 0.15) is 79.1 Å². The summed E-state index contributed by atoms with van der Waals surface area (Å²) in [5.74, 6) is -0.0569. The van der Waals surface area contributed by atoms with Crippen LogP contribution in [0.3, 0.4) is 0 Å². The molecule has 0 aromatic rings. The van der Waals surface area contributed by atoms with Crippen molar-refractivity contribution < 1.29 is 19.1 Å². The van der Waals surface area contributed by atoms with Gasteiger partial charge in [-0.2, -0.15) is 0 Å². The molecule has 0 aromatic heterocycles. The van der Waals surface area contributed by atoms with Crippen LogP contribution >= 0.6 is 0 Å². The molecule has 4 nitrogen and oxygen atoms in total. The van der Waals surface area contributed by atoms with E-state index in [1.54, 1.807) is 0 Å². The molecule has 0 aliphatic rings. The number of hydrogen-bond acceptors (Lipinski definition) is 4. The van der Waals surface area contributed by atoms with Crippen LogP contribution < -0.4 is 0 Å². The van der Waals surface area contributed by atoms with Gasteiger partial charge in [-0.25, -0.2) is 0 Å². The number of carbonyl (C=O) groups excluding carboxylic acids is 2. The Kier molecular flexibility index (Phi) is 12.0. The summed E-state index contributed by atoms with van der Waals surface area (Å²) in [6.07, 6.45) is 6.39. The summed E-state index contributed by atoms with van der Waals surface area (Å²) in [5, 5.41) is 0. The normalized spacial score (nSPS) is 13.5. The Labute approximate surface area is 129 Å². The molecule has 21 heavy (non-hydrogen) atoms. The van der Waals surface area contributed by atoms with Crippen molar-refractivity contribution in [3.63, 3.8) is 0 Å². The van der Waals surface area contributed by atoms with Gasteiger partial charge in [0, 0.05) is 0 Å². The highest BCUT2D eigenvalue weighted by Crippen LogP contribution is 2.09. The summed E-state index contributed by atoms with van der Waals surface area (Å²) in [4.78, 5) is 23.1. The van der Waals surface area contributed by atoms with E-state index in [1.165, 1.54) is 0 Å². The molecule has 0 N–H and O–H groups in total. The third-order valence-corrected chi connectivity index (χ3v) is 3.65. The van der Waals surface area contributed by atoms with Crippen LogP contribution in [0.5, 0.6) is 0 Å². The maximum atomic E-state index is 11.6. The van der Waals surface area contributed by atoms with Crippen LogP contribution in [0, 0.1) is 5.92 Å². The Morgan fingerprint density at radius 2 is 1.62 bits per heavy atom. The molecule has 124 valence electrons. The van der Waals surface area contributed by atoms with Gasteiger partial charge in [-0.05, 0) is 32.1 Å². The highest BCUT2D eigenvalue weighted by atomic mass is 16.5. The van der Waals surface area contributed by atoms with E-state index in [2.05, 4.69) is 20.8 Å². The fraction of sp³-hybridized carbons (Fsp3) is 0.882. The van der Waals surface area contributed by atoms with Crippen LogP contribution in [0.15, 0.2) is 0 Å². The first-order valence-corrected chi connectivity index (χ1v) is 8.34. The van der Waals surface area contributed by atoms with Gasteiger partial charge in [-0.3, -0.25) is 9.59 Å². The minimum Gasteiger partial charge on any atom is -0.466 e. The van der Waals surface area contributed by atoms with E-state index in [4.69, 9.17) is 9.47 Å². The fourth-order valence-electron chi connectivity index (χ4n) is 1.88. The Balaban J connectivity index is 3.65. The third-order valence-electron chi connectivity index (χ3n) is 3.65. The Morgan fingerprint density at radius 1 is 0.952 bits per heavy atom. The molecule has 0 aromatic carbocycles. The summed E-state index contributed by atoms with van der Waals surface area (Å²) in [6.45, 7) is 8.73. The molecular weight excluding hydrogens is 268 g/mol. The van der Waals surface area contributed by atoms with Crippen molar-refractivity contribution >= 4 is 11.9 Å². The van der Waals surface area contributed by atoms with Crippen LogP contribution in [0.25, 0.3) is 0 Å². The Hall–Kier alpha value is -1.06. The van der Waals surface area contributed by atoms with Gasteiger partial charge in [0.1, 0.15) is 0 Å². The number of unbranched alkanes of at least 4 members (excludes halogenated alkanes) is 2. The SMILES string of the molecule is CCCCCC(C)OC(=O)CCC(=O)OCCC(C)CC. The van der Waals surface area contributed by atoms with Gasteiger partial charge >= 0.3 is 11.9 Å². The van der Waals surface area contributed by atoms with Crippen molar-refractivity contribution in [1.82, 2.24) is 0 Å². The van der Waals surface area contributed by atoms with Crippen molar-refractivity contribution in [3.05, 3.63) is 0 Å². The summed E-state index contributed by atoms with van der Waals surface area (Å²) in [6, 6.07) is 0. The zero-order valence-electron chi connectivity index (χ0n) is 14.2. The molecule has 2 unspecified atom stereocenters. The van der Waals surface area contributed by atoms with Gasteiger partial charge in [0.2, 0.25) is 0 Å². The Morgan fingerprint density at radius 3 is 2.24 bits per heavy atom. The first-order valence-electron chi connectivity index (χ1n) is 8.34. The van der Waals surface area contributed by atoms with E-state index < -0.39 is 0 Å². The number of hydrogen-bond donors (Lipinski definition) is 0. The zero-order valence-corrected chi connectivity index (χ0v) is 14.2. The molecule has 4 heteroatoms. The molecule has 0 amide bonds. The van der Waals surface area contributed by atoms with Crippen LogP contribution in [-0.2, 0) is 19.1 Å². The van der Waals surface area contributed by atoms with E-state index in [0.717, 1.165) is 38.5 Å². The van der Waals surface area contributed by atoms with Crippen molar-refractivity contribution in [2.45, 2.75) is 85.2 Å². The van der Waals surface area contributed by atoms with E-state index in [9.17, 15) is 9.59 Å². The summed E-state index contributed by atoms with van der Waals surface area (Å²) in [7, 11) is 0. The van der Waals surface area contributed by atoms with Crippen molar-refractivity contribution in [1.29, 1.82) is 0 Å². The number of rotatable bonds is 12. The van der Waals surface area contributed by atoms with Gasteiger partial charge in [-0.15, -0.1) is 0 Å². The second kappa shape index (κ2) is 12.7. The monoisotopic (exact) mass is 300 g/mol. The molecule has 0 aliphatic carbocycles. The number of ether oxygens (including phenoxy) is 2. The Bertz CT molecular complexity index is 289. The highest BCUT2D eigenvalue weighted by molar-refractivity contribution is 5.77. The number of esters is 2. The summed E-state index contributed by atoms with van der Waals surface area (Å²) < 4.78 is 10.4. The molecule has 2 atom stereocenters. The van der Waals surface area contributed by atoms with Gasteiger partial charge in [0.15, 0.2) is 0 Å². The van der Waals surface area contributed by atoms with E-state index >= 15 is 0 Å². The summed E-state index contributed by atoms with van der Waals surface area (Å²) in [5.41, 5.74) is 0. The van der Waals surface area contributed by atoms with Gasteiger partial charge in [0.25, 0.3) is 0 Å². The third kappa shape index (κ3) is 12.4. The molecule has 0 bridgehead atoms. The second-order valence-corrected chi connectivity index (χ2v) is 5.82. The quantitative estimate of drug-likeness (QED) is 0.399. The topological polar surface area (TPSA) is 52.6 Å². The van der Waals surface area contributed by atoms with Gasteiger partial charge < -0.3 is 9.47 Å². The molecule has 0 spiro atoms. The maximum Gasteiger partial charge on any atom is 0.306 e. The molecule has 0 heterocycles. The smallest absolute Gasteiger partial charge is 0.306 e. The highest BCUT2D eigenvalue weighted by Gasteiger charge is 2.12. The van der Waals surface area contributed by atoms with Crippen molar-refractivity contribution in [2.75, 3.05) is 6.61 Å². The first kappa shape index (κ1) is 19.9. The van der Waals surface area contributed by atoms with Gasteiger partial charge in [-0.1, -0.05) is 40.0 Å². The average molecular weight is 300 g/mol. The minimum absolute atomic E-state index is 0.0644. The van der Waals surface area contributed by atoms with Gasteiger partial charge in [0.05, 0.1) is 25.6 Å². The lowest BCUT2D eigenvalue weighted by Crippen LogP contribution is -2.16. The van der Waals surface area contributed by atoms with Crippen molar-refractivity contribution in [3.8, 4) is 0 Å². The lowest BCUT2D eigenvalue weighted by atomic mass is 10.1. The minimum atomic E-state index is -0.311. The summed E-state index contributed by atoms with van der Waals surface area (Å²) >= 11 is 0. The molecular formula is C17H32O4. The molecule has 0 fully saturated rings. The molecule has 0 saturated heterocycles. The standard InChI is InChI=1S/C17H32O4/c1-5-7-8-9-15(4)21-17(19)11-10-16(18)20-13-12-14(3)6-2/h14-15H,5-13H2,1-4H3. The van der Waals surface area contributed by atoms with E-state index in [-0.39, 0.29) is 30.9 Å². The molecule has 0 aliphatic heterocycles. The maximum absolute atomic E-state index is 11.6. The average Bonchev–Trinajstić information content (AvgIpc) is 2.45. The van der Waals surface area contributed by atoms with Crippen LogP contribution in [0.4, 0.5) is 0 Å². The zero-order chi connectivity index (χ0) is 16.1. The predicted octanol–water partition coefficient (Wildman–Crippen LogP) is 4.26. The number of carbonyl (C=O) groups is 2. The lowest BCUT2D eigenvalue weighted by molar-refractivity contribution is -0.153. The first-order chi connectivity index (χ1) is 9.99. The van der Waals surface area contributed by atoms with E-state index in [0.29, 0.717) is 12.5 Å². The van der Waals surface area contributed by atoms with E-state index in [1.807, 2.05) is 6.92 Å². The second-order valence-electron chi connectivity index (χ2n) is 5.82. The van der Waals surface area contributed by atoms with Crippen molar-refractivity contribution in [2.24, 2.45) is 5.92 Å². The lowest BCUT2D eigenvalue weighted by Gasteiger charge is -2.13. The predicted molar refractivity (Wildman–Crippen MR) is 84.0 cm³/mol.